The maximum absolute atomic E-state index is 13.4. The minimum atomic E-state index is -4.47. The average Bonchev–Trinajstić information content (AvgIpc) is 3.04. The van der Waals surface area contributed by atoms with Crippen molar-refractivity contribution >= 4 is 27.6 Å². The zero-order valence-corrected chi connectivity index (χ0v) is 15.8. The van der Waals surface area contributed by atoms with Crippen LogP contribution in [0.5, 0.6) is 0 Å². The number of hydrogen-bond donors (Lipinski definition) is 2. The monoisotopic (exact) mass is 442 g/mol. The largest absolute Gasteiger partial charge is 0.463 e. The minimum Gasteiger partial charge on any atom is -0.463 e. The maximum Gasteiger partial charge on any atom is 0.414 e. The summed E-state index contributed by atoms with van der Waals surface area (Å²) in [5, 5.41) is 2.52. The number of aliphatic imine (C=N–C) groups is 1. The van der Waals surface area contributed by atoms with Crippen LogP contribution in [0.25, 0.3) is 0 Å². The van der Waals surface area contributed by atoms with Gasteiger partial charge in [-0.3, -0.25) is 4.98 Å². The molecule has 1 aliphatic rings. The van der Waals surface area contributed by atoms with Crippen LogP contribution in [0.3, 0.4) is 0 Å². The number of aryl methyl sites for hydroxylation is 1. The molecule has 1 aromatic carbocycles. The number of anilines is 1. The summed E-state index contributed by atoms with van der Waals surface area (Å²) in [5.74, 6) is 0. The first-order valence-corrected chi connectivity index (χ1v) is 9.10. The molecule has 3 rings (SSSR count). The van der Waals surface area contributed by atoms with Gasteiger partial charge in [-0.25, -0.2) is 4.99 Å². The van der Waals surface area contributed by atoms with Gasteiger partial charge in [-0.2, -0.15) is 13.2 Å². The number of hydrogen-bond acceptors (Lipinski definition) is 5. The highest BCUT2D eigenvalue weighted by Crippen LogP contribution is 2.35. The Balaban J connectivity index is 1.65. The molecule has 0 spiro atoms. The maximum atomic E-state index is 13.4. The van der Waals surface area contributed by atoms with Crippen LogP contribution in [0.2, 0.25) is 0 Å². The number of halogens is 4. The van der Waals surface area contributed by atoms with Gasteiger partial charge < -0.3 is 15.8 Å². The van der Waals surface area contributed by atoms with Crippen molar-refractivity contribution in [3.8, 4) is 0 Å². The quantitative estimate of drug-likeness (QED) is 0.702. The molecule has 27 heavy (non-hydrogen) atoms. The molecule has 0 radical (unpaired) electrons. The van der Waals surface area contributed by atoms with Gasteiger partial charge in [-0.05, 0) is 58.6 Å². The summed E-state index contributed by atoms with van der Waals surface area (Å²) >= 11 is 3.18. The molecule has 0 amide bonds. The van der Waals surface area contributed by atoms with Crippen LogP contribution in [-0.4, -0.2) is 29.8 Å². The van der Waals surface area contributed by atoms with Gasteiger partial charge in [0.1, 0.15) is 6.61 Å². The number of rotatable bonds is 6. The molecule has 1 aliphatic heterocycles. The first-order valence-electron chi connectivity index (χ1n) is 8.31. The Morgan fingerprint density at radius 1 is 1.22 bits per heavy atom. The molecule has 1 aromatic heterocycles. The molecule has 144 valence electrons. The van der Waals surface area contributed by atoms with Gasteiger partial charge in [-0.15, -0.1) is 0 Å². The molecule has 0 fully saturated rings. The van der Waals surface area contributed by atoms with Gasteiger partial charge in [-0.1, -0.05) is 12.1 Å². The van der Waals surface area contributed by atoms with Crippen molar-refractivity contribution in [2.45, 2.75) is 31.1 Å². The summed E-state index contributed by atoms with van der Waals surface area (Å²) in [6.45, 7) is 0.471. The number of pyridine rings is 1. The van der Waals surface area contributed by atoms with Crippen molar-refractivity contribution in [1.82, 2.24) is 4.98 Å². The first kappa shape index (κ1) is 19.5. The Hall–Kier alpha value is -2.29. The van der Waals surface area contributed by atoms with Crippen LogP contribution in [0.15, 0.2) is 52.1 Å². The lowest BCUT2D eigenvalue weighted by atomic mass is 10.1. The zero-order chi connectivity index (χ0) is 19.4. The predicted molar refractivity (Wildman–Crippen MR) is 100 cm³/mol. The van der Waals surface area contributed by atoms with E-state index in [1.807, 2.05) is 0 Å². The third-order valence-electron chi connectivity index (χ3n) is 4.14. The predicted octanol–water partition coefficient (Wildman–Crippen LogP) is 4.21. The van der Waals surface area contributed by atoms with Crippen molar-refractivity contribution in [1.29, 1.82) is 0 Å². The standard InChI is InChI=1S/C18H18BrF3N4O/c19-12-4-8-15(24-9-12)16(18(20,21)22)25-13-5-1-11(2-6-13)3-7-14-10-27-17(23)26-14/h1-2,4-6,8-9,14,16,25H,3,7,10H2,(H2,23,26)/t14-,16?/m0/s1. The van der Waals surface area contributed by atoms with E-state index in [4.69, 9.17) is 10.5 Å². The van der Waals surface area contributed by atoms with E-state index in [0.29, 0.717) is 16.8 Å². The molecular weight excluding hydrogens is 425 g/mol. The van der Waals surface area contributed by atoms with Crippen LogP contribution in [-0.2, 0) is 11.2 Å². The normalized spacial score (nSPS) is 17.9. The second-order valence-electron chi connectivity index (χ2n) is 6.19. The van der Waals surface area contributed by atoms with Gasteiger partial charge in [0.05, 0.1) is 11.7 Å². The van der Waals surface area contributed by atoms with E-state index in [9.17, 15) is 13.2 Å². The van der Waals surface area contributed by atoms with Crippen LogP contribution in [0.1, 0.15) is 23.7 Å². The average molecular weight is 443 g/mol. The smallest absolute Gasteiger partial charge is 0.414 e. The van der Waals surface area contributed by atoms with E-state index in [-0.39, 0.29) is 17.8 Å². The fraction of sp³-hybridized carbons (Fsp3) is 0.333. The lowest BCUT2D eigenvalue weighted by molar-refractivity contribution is -0.144. The number of nitrogens with one attached hydrogen (secondary N) is 1. The Labute approximate surface area is 163 Å². The second kappa shape index (κ2) is 8.16. The van der Waals surface area contributed by atoms with E-state index in [0.717, 1.165) is 18.4 Å². The molecular formula is C18H18BrF3N4O. The summed E-state index contributed by atoms with van der Waals surface area (Å²) in [7, 11) is 0. The Morgan fingerprint density at radius 2 is 1.96 bits per heavy atom. The molecule has 2 atom stereocenters. The molecule has 0 aliphatic carbocycles. The SMILES string of the molecule is NC1=N[C@@H](CCc2ccc(NC(c3ccc(Br)cn3)C(F)(F)F)cc2)CO1. The zero-order valence-electron chi connectivity index (χ0n) is 14.2. The number of amidine groups is 1. The van der Waals surface area contributed by atoms with Crippen molar-refractivity contribution in [3.05, 3.63) is 58.3 Å². The van der Waals surface area contributed by atoms with E-state index in [2.05, 4.69) is 31.2 Å². The Bertz CT molecular complexity index is 794. The number of benzene rings is 1. The number of ether oxygens (including phenoxy) is 1. The Morgan fingerprint density at radius 3 is 2.52 bits per heavy atom. The molecule has 3 N–H and O–H groups in total. The summed E-state index contributed by atoms with van der Waals surface area (Å²) in [6.07, 6.45) is -1.62. The molecule has 1 unspecified atom stereocenters. The number of nitrogens with zero attached hydrogens (tertiary/aromatic N) is 2. The van der Waals surface area contributed by atoms with Gasteiger partial charge in [0.2, 0.25) is 0 Å². The lowest BCUT2D eigenvalue weighted by Crippen LogP contribution is -2.28. The molecule has 5 nitrogen and oxygen atoms in total. The molecule has 0 bridgehead atoms. The van der Waals surface area contributed by atoms with Crippen molar-refractivity contribution < 1.29 is 17.9 Å². The molecule has 9 heteroatoms. The molecule has 2 heterocycles. The minimum absolute atomic E-state index is 0.0286. The van der Waals surface area contributed by atoms with Crippen LogP contribution < -0.4 is 11.1 Å². The molecule has 0 saturated carbocycles. The molecule has 2 aromatic rings. The van der Waals surface area contributed by atoms with Crippen molar-refractivity contribution in [2.75, 3.05) is 11.9 Å². The van der Waals surface area contributed by atoms with Crippen LogP contribution >= 0.6 is 15.9 Å². The van der Waals surface area contributed by atoms with Gasteiger partial charge >= 0.3 is 6.18 Å². The second-order valence-corrected chi connectivity index (χ2v) is 7.10. The summed E-state index contributed by atoms with van der Waals surface area (Å²) in [5.41, 5.74) is 6.76. The number of alkyl halides is 3. The summed E-state index contributed by atoms with van der Waals surface area (Å²) in [6, 6.07) is 8.10. The number of aromatic nitrogens is 1. The third kappa shape index (κ3) is 5.35. The highest BCUT2D eigenvalue weighted by atomic mass is 79.9. The Kier molecular flexibility index (Phi) is 5.88. The first-order chi connectivity index (χ1) is 12.8. The number of nitrogens with two attached hydrogens (primary N) is 1. The van der Waals surface area contributed by atoms with Gasteiger partial charge in [0, 0.05) is 16.4 Å². The highest BCUT2D eigenvalue weighted by Gasteiger charge is 2.41. The highest BCUT2D eigenvalue weighted by molar-refractivity contribution is 9.10. The fourth-order valence-electron chi connectivity index (χ4n) is 2.73. The van der Waals surface area contributed by atoms with Gasteiger partial charge in [0.15, 0.2) is 6.04 Å². The van der Waals surface area contributed by atoms with E-state index < -0.39 is 12.2 Å². The van der Waals surface area contributed by atoms with Gasteiger partial charge in [0.25, 0.3) is 6.02 Å². The third-order valence-corrected chi connectivity index (χ3v) is 4.61. The van der Waals surface area contributed by atoms with Crippen LogP contribution in [0.4, 0.5) is 18.9 Å². The topological polar surface area (TPSA) is 72.5 Å². The van der Waals surface area contributed by atoms with Crippen molar-refractivity contribution in [2.24, 2.45) is 10.7 Å². The van der Waals surface area contributed by atoms with E-state index in [1.165, 1.54) is 18.3 Å². The van der Waals surface area contributed by atoms with Crippen molar-refractivity contribution in [3.63, 3.8) is 0 Å². The van der Waals surface area contributed by atoms with E-state index >= 15 is 0 Å². The fourth-order valence-corrected chi connectivity index (χ4v) is 2.97. The molecule has 0 saturated heterocycles. The summed E-state index contributed by atoms with van der Waals surface area (Å²) in [4.78, 5) is 8.03. The van der Waals surface area contributed by atoms with Crippen LogP contribution in [0, 0.1) is 0 Å². The van der Waals surface area contributed by atoms with E-state index in [1.54, 1.807) is 24.3 Å². The summed E-state index contributed by atoms with van der Waals surface area (Å²) < 4.78 is 46.1. The lowest BCUT2D eigenvalue weighted by Gasteiger charge is -2.22.